The lowest BCUT2D eigenvalue weighted by Gasteiger charge is -2.12. The van der Waals surface area contributed by atoms with E-state index in [1.54, 1.807) is 24.4 Å². The third kappa shape index (κ3) is 8.52. The molecule has 0 spiro atoms. The first-order valence-electron chi connectivity index (χ1n) is 13.3. The molecule has 0 unspecified atom stereocenters. The molecular formula is C32H27F3N4O5. The van der Waals surface area contributed by atoms with Gasteiger partial charge in [0.25, 0.3) is 5.56 Å². The molecule has 0 saturated heterocycles. The summed E-state index contributed by atoms with van der Waals surface area (Å²) in [5, 5.41) is 23.3. The number of nitrogens with one attached hydrogen (secondary N) is 3. The summed E-state index contributed by atoms with van der Waals surface area (Å²) in [5.74, 6) is -2.77. The summed E-state index contributed by atoms with van der Waals surface area (Å²) in [7, 11) is 0. The van der Waals surface area contributed by atoms with Gasteiger partial charge >= 0.3 is 12.1 Å². The molecule has 1 amide bonds. The van der Waals surface area contributed by atoms with Crippen molar-refractivity contribution in [2.24, 2.45) is 0 Å². The predicted molar refractivity (Wildman–Crippen MR) is 160 cm³/mol. The Balaban J connectivity index is 0.000000566. The van der Waals surface area contributed by atoms with E-state index in [-0.39, 0.29) is 17.2 Å². The van der Waals surface area contributed by atoms with E-state index in [2.05, 4.69) is 15.6 Å². The van der Waals surface area contributed by atoms with Gasteiger partial charge in [0.1, 0.15) is 5.75 Å². The summed E-state index contributed by atoms with van der Waals surface area (Å²) in [6, 6.07) is 28.3. The SMILES string of the molecule is O=C(CCNCc1ccc(-c2nc3cc[nH]c(=O)c3cc2-c2ccccc2)cc1)Nc1cccc(O)c1.O=C(O)C(F)(F)F. The number of nitrogens with zero attached hydrogens (tertiary/aromatic N) is 1. The van der Waals surface area contributed by atoms with Crippen molar-refractivity contribution in [1.29, 1.82) is 0 Å². The molecule has 0 aliphatic carbocycles. The summed E-state index contributed by atoms with van der Waals surface area (Å²) in [6.07, 6.45) is -3.16. The topological polar surface area (TPSA) is 144 Å². The van der Waals surface area contributed by atoms with Crippen molar-refractivity contribution >= 4 is 28.5 Å². The third-order valence-electron chi connectivity index (χ3n) is 6.29. The largest absolute Gasteiger partial charge is 0.508 e. The number of carboxylic acids is 1. The highest BCUT2D eigenvalue weighted by Crippen LogP contribution is 2.32. The predicted octanol–water partition coefficient (Wildman–Crippen LogP) is 5.71. The Kier molecular flexibility index (Phi) is 10.1. The number of amides is 1. The molecule has 0 aliphatic rings. The zero-order chi connectivity index (χ0) is 31.7. The van der Waals surface area contributed by atoms with Crippen LogP contribution in [0, 0.1) is 0 Å². The normalized spacial score (nSPS) is 11.0. The van der Waals surface area contributed by atoms with Crippen molar-refractivity contribution in [2.45, 2.75) is 19.1 Å². The number of rotatable bonds is 8. The molecule has 2 aromatic heterocycles. The summed E-state index contributed by atoms with van der Waals surface area (Å²) in [6.45, 7) is 1.14. The number of pyridine rings is 2. The van der Waals surface area contributed by atoms with E-state index >= 15 is 0 Å². The number of fused-ring (bicyclic) bond motifs is 1. The number of carbonyl (C=O) groups excluding carboxylic acids is 1. The fraction of sp³-hybridized carbons (Fsp3) is 0.125. The number of aromatic amines is 1. The lowest BCUT2D eigenvalue weighted by Crippen LogP contribution is -2.21. The molecule has 0 aliphatic heterocycles. The Labute approximate surface area is 249 Å². The zero-order valence-corrected chi connectivity index (χ0v) is 23.1. The van der Waals surface area contributed by atoms with Crippen molar-refractivity contribution in [2.75, 3.05) is 11.9 Å². The number of carbonyl (C=O) groups is 2. The number of alkyl halides is 3. The Hall–Kier alpha value is -5.49. The first-order chi connectivity index (χ1) is 21.0. The number of hydrogen-bond acceptors (Lipinski definition) is 6. The van der Waals surface area contributed by atoms with Gasteiger partial charge in [-0.1, -0.05) is 60.7 Å². The number of H-pyrrole nitrogens is 1. The van der Waals surface area contributed by atoms with Gasteiger partial charge < -0.3 is 25.8 Å². The van der Waals surface area contributed by atoms with Gasteiger partial charge in [-0.25, -0.2) is 9.78 Å². The van der Waals surface area contributed by atoms with Crippen LogP contribution in [0.3, 0.4) is 0 Å². The highest BCUT2D eigenvalue weighted by molar-refractivity contribution is 5.92. The summed E-state index contributed by atoms with van der Waals surface area (Å²) in [4.78, 5) is 41.0. The molecule has 0 atom stereocenters. The first-order valence-corrected chi connectivity index (χ1v) is 13.3. The van der Waals surface area contributed by atoms with E-state index in [4.69, 9.17) is 14.9 Å². The van der Waals surface area contributed by atoms with Crippen LogP contribution in [0.15, 0.2) is 102 Å². The Morgan fingerprint density at radius 3 is 2.25 bits per heavy atom. The lowest BCUT2D eigenvalue weighted by molar-refractivity contribution is -0.192. The van der Waals surface area contributed by atoms with Crippen LogP contribution in [0.25, 0.3) is 33.3 Å². The number of aromatic nitrogens is 2. The van der Waals surface area contributed by atoms with Crippen LogP contribution in [0.4, 0.5) is 18.9 Å². The molecule has 9 nitrogen and oxygen atoms in total. The second-order valence-electron chi connectivity index (χ2n) is 9.52. The number of hydrogen-bond donors (Lipinski definition) is 5. The molecule has 5 aromatic rings. The molecule has 5 N–H and O–H groups in total. The number of aromatic hydroxyl groups is 1. The van der Waals surface area contributed by atoms with Gasteiger partial charge in [0.15, 0.2) is 0 Å². The second-order valence-corrected chi connectivity index (χ2v) is 9.52. The van der Waals surface area contributed by atoms with Crippen LogP contribution >= 0.6 is 0 Å². The van der Waals surface area contributed by atoms with Gasteiger partial charge in [-0.05, 0) is 35.4 Å². The van der Waals surface area contributed by atoms with Crippen LogP contribution in [-0.4, -0.2) is 44.8 Å². The average Bonchev–Trinajstić information content (AvgIpc) is 3.00. The monoisotopic (exact) mass is 604 g/mol. The van der Waals surface area contributed by atoms with E-state index in [0.29, 0.717) is 36.1 Å². The highest BCUT2D eigenvalue weighted by atomic mass is 19.4. The number of halogens is 3. The molecule has 5 rings (SSSR count). The van der Waals surface area contributed by atoms with Gasteiger partial charge in [-0.15, -0.1) is 0 Å². The van der Waals surface area contributed by atoms with Gasteiger partial charge in [-0.2, -0.15) is 13.2 Å². The molecule has 3 aromatic carbocycles. The van der Waals surface area contributed by atoms with Gasteiger partial charge in [0, 0.05) is 48.6 Å². The van der Waals surface area contributed by atoms with Gasteiger partial charge in [-0.3, -0.25) is 9.59 Å². The molecule has 226 valence electrons. The Morgan fingerprint density at radius 2 is 1.59 bits per heavy atom. The van der Waals surface area contributed by atoms with Gasteiger partial charge in [0.05, 0.1) is 16.6 Å². The van der Waals surface area contributed by atoms with Crippen LogP contribution in [0.1, 0.15) is 12.0 Å². The highest BCUT2D eigenvalue weighted by Gasteiger charge is 2.38. The summed E-state index contributed by atoms with van der Waals surface area (Å²) < 4.78 is 31.7. The van der Waals surface area contributed by atoms with Crippen molar-refractivity contribution in [3.8, 4) is 28.1 Å². The van der Waals surface area contributed by atoms with E-state index in [1.807, 2.05) is 66.7 Å². The van der Waals surface area contributed by atoms with E-state index < -0.39 is 12.1 Å². The van der Waals surface area contributed by atoms with Crippen molar-refractivity contribution in [3.05, 3.63) is 113 Å². The van der Waals surface area contributed by atoms with Crippen molar-refractivity contribution < 1.29 is 33.0 Å². The number of benzene rings is 3. The lowest BCUT2D eigenvalue weighted by atomic mass is 9.97. The Morgan fingerprint density at radius 1 is 0.886 bits per heavy atom. The minimum Gasteiger partial charge on any atom is -0.508 e. The average molecular weight is 605 g/mol. The van der Waals surface area contributed by atoms with Crippen LogP contribution in [-0.2, 0) is 16.1 Å². The quantitative estimate of drug-likeness (QED) is 0.143. The molecule has 0 fully saturated rings. The van der Waals surface area contributed by atoms with Crippen molar-refractivity contribution in [1.82, 2.24) is 15.3 Å². The van der Waals surface area contributed by atoms with Crippen LogP contribution in [0.2, 0.25) is 0 Å². The van der Waals surface area contributed by atoms with Crippen LogP contribution < -0.4 is 16.2 Å². The first kappa shape index (κ1) is 31.4. The maximum Gasteiger partial charge on any atom is 0.490 e. The molecular weight excluding hydrogens is 577 g/mol. The fourth-order valence-electron chi connectivity index (χ4n) is 4.19. The molecule has 12 heteroatoms. The number of aliphatic carboxylic acids is 1. The summed E-state index contributed by atoms with van der Waals surface area (Å²) >= 11 is 0. The van der Waals surface area contributed by atoms with E-state index in [1.165, 1.54) is 6.07 Å². The Bertz CT molecular complexity index is 1810. The molecule has 0 bridgehead atoms. The van der Waals surface area contributed by atoms with Crippen molar-refractivity contribution in [3.63, 3.8) is 0 Å². The molecule has 0 radical (unpaired) electrons. The molecule has 44 heavy (non-hydrogen) atoms. The van der Waals surface area contributed by atoms with Crippen LogP contribution in [0.5, 0.6) is 5.75 Å². The number of anilines is 1. The van der Waals surface area contributed by atoms with E-state index in [0.717, 1.165) is 27.9 Å². The minimum absolute atomic E-state index is 0.114. The minimum atomic E-state index is -5.08. The maximum absolute atomic E-state index is 12.4. The third-order valence-corrected chi connectivity index (χ3v) is 6.29. The van der Waals surface area contributed by atoms with Gasteiger partial charge in [0.2, 0.25) is 5.91 Å². The summed E-state index contributed by atoms with van der Waals surface area (Å²) in [5.41, 5.74) is 5.79. The smallest absolute Gasteiger partial charge is 0.490 e. The second kappa shape index (κ2) is 14.1. The maximum atomic E-state index is 12.4. The standard InChI is InChI=1S/C30H26N4O3.C2HF3O2/c35-24-8-4-7-23(17-24)33-28(36)14-15-31-19-20-9-11-22(12-10-20)29-25(21-5-2-1-3-6-21)18-26-27(34-29)13-16-32-30(26)37;3-2(4,5)1(6)7/h1-13,16-18,31,35H,14-15,19H2,(H,32,37)(H,33,36);(H,6,7). The molecule has 0 saturated carbocycles. The molecule has 2 heterocycles. The number of phenols is 1. The number of carboxylic acid groups (broad SMARTS) is 1. The van der Waals surface area contributed by atoms with E-state index in [9.17, 15) is 27.9 Å². The number of phenolic OH excluding ortho intramolecular Hbond substituents is 1. The zero-order valence-electron chi connectivity index (χ0n) is 23.1. The fourth-order valence-corrected chi connectivity index (χ4v) is 4.19.